The molecule has 2 aromatic rings. The second-order valence-corrected chi connectivity index (χ2v) is 7.48. The average molecular weight is 372 g/mol. The molecule has 0 saturated heterocycles. The fraction of sp³-hybridized carbons (Fsp3) is 0.550. The summed E-state index contributed by atoms with van der Waals surface area (Å²) in [6, 6.07) is 4.99. The number of anilines is 1. The SMILES string of the molecule is COc1ccc(C2CCn3nc(NC(=O)C4CCCCC4)nc3C2)c(F)c1. The lowest BCUT2D eigenvalue weighted by Crippen LogP contribution is -2.25. The number of ether oxygens (including phenoxy) is 1. The third kappa shape index (κ3) is 3.82. The molecular weight excluding hydrogens is 347 g/mol. The first-order chi connectivity index (χ1) is 13.1. The van der Waals surface area contributed by atoms with E-state index in [4.69, 9.17) is 4.74 Å². The summed E-state index contributed by atoms with van der Waals surface area (Å²) in [5, 5.41) is 7.30. The summed E-state index contributed by atoms with van der Waals surface area (Å²) < 4.78 is 21.3. The van der Waals surface area contributed by atoms with Gasteiger partial charge in [0, 0.05) is 24.9 Å². The van der Waals surface area contributed by atoms with Crippen LogP contribution in [0.1, 0.15) is 55.8 Å². The maximum atomic E-state index is 14.4. The highest BCUT2D eigenvalue weighted by Gasteiger charge is 2.27. The van der Waals surface area contributed by atoms with Crippen molar-refractivity contribution in [2.75, 3.05) is 12.4 Å². The maximum absolute atomic E-state index is 14.4. The summed E-state index contributed by atoms with van der Waals surface area (Å²) in [7, 11) is 1.53. The van der Waals surface area contributed by atoms with E-state index in [2.05, 4.69) is 15.4 Å². The van der Waals surface area contributed by atoms with Crippen LogP contribution in [0.4, 0.5) is 10.3 Å². The number of nitrogens with one attached hydrogen (secondary N) is 1. The lowest BCUT2D eigenvalue weighted by molar-refractivity contribution is -0.120. The number of aromatic nitrogens is 3. The Morgan fingerprint density at radius 3 is 2.81 bits per heavy atom. The molecule has 4 rings (SSSR count). The molecule has 1 aliphatic heterocycles. The number of hydrogen-bond donors (Lipinski definition) is 1. The van der Waals surface area contributed by atoms with Crippen LogP contribution in [0.15, 0.2) is 18.2 Å². The molecule has 1 saturated carbocycles. The number of benzene rings is 1. The molecule has 1 unspecified atom stereocenters. The molecular formula is C20H25FN4O2. The van der Waals surface area contributed by atoms with Crippen LogP contribution in [0.2, 0.25) is 0 Å². The summed E-state index contributed by atoms with van der Waals surface area (Å²) in [6.45, 7) is 0.664. The lowest BCUT2D eigenvalue weighted by Gasteiger charge is -2.23. The van der Waals surface area contributed by atoms with E-state index in [-0.39, 0.29) is 23.6 Å². The van der Waals surface area contributed by atoms with Gasteiger partial charge in [-0.1, -0.05) is 25.3 Å². The van der Waals surface area contributed by atoms with Gasteiger partial charge in [-0.3, -0.25) is 10.1 Å². The Balaban J connectivity index is 1.45. The number of rotatable bonds is 4. The van der Waals surface area contributed by atoms with E-state index in [1.807, 2.05) is 4.68 Å². The van der Waals surface area contributed by atoms with Crippen molar-refractivity contribution in [1.29, 1.82) is 0 Å². The monoisotopic (exact) mass is 372 g/mol. The summed E-state index contributed by atoms with van der Waals surface area (Å²) in [6.07, 6.45) is 6.71. The number of carbonyl (C=O) groups excluding carboxylic acids is 1. The van der Waals surface area contributed by atoms with Gasteiger partial charge in [-0.2, -0.15) is 4.98 Å². The highest BCUT2D eigenvalue weighted by atomic mass is 19.1. The predicted octanol–water partition coefficient (Wildman–Crippen LogP) is 3.67. The summed E-state index contributed by atoms with van der Waals surface area (Å²) in [5.74, 6) is 1.57. The maximum Gasteiger partial charge on any atom is 0.248 e. The van der Waals surface area contributed by atoms with E-state index < -0.39 is 0 Å². The molecule has 1 fully saturated rings. The molecule has 6 nitrogen and oxygen atoms in total. The van der Waals surface area contributed by atoms with Crippen molar-refractivity contribution in [1.82, 2.24) is 14.8 Å². The second kappa shape index (κ2) is 7.66. The van der Waals surface area contributed by atoms with Crippen molar-refractivity contribution in [3.05, 3.63) is 35.4 Å². The van der Waals surface area contributed by atoms with Gasteiger partial charge in [-0.25, -0.2) is 9.07 Å². The number of methoxy groups -OCH3 is 1. The normalized spacial score (nSPS) is 20.1. The summed E-state index contributed by atoms with van der Waals surface area (Å²) >= 11 is 0. The van der Waals surface area contributed by atoms with Crippen molar-refractivity contribution in [2.45, 2.75) is 57.4 Å². The number of hydrogen-bond acceptors (Lipinski definition) is 4. The minimum atomic E-state index is -0.252. The van der Waals surface area contributed by atoms with Crippen LogP contribution in [0.5, 0.6) is 5.75 Å². The van der Waals surface area contributed by atoms with Crippen molar-refractivity contribution in [3.63, 3.8) is 0 Å². The number of amides is 1. The molecule has 2 heterocycles. The lowest BCUT2D eigenvalue weighted by atomic mass is 9.89. The second-order valence-electron chi connectivity index (χ2n) is 7.48. The van der Waals surface area contributed by atoms with Crippen LogP contribution in [0, 0.1) is 11.7 Å². The third-order valence-corrected chi connectivity index (χ3v) is 5.73. The van der Waals surface area contributed by atoms with Gasteiger partial charge < -0.3 is 4.74 Å². The van der Waals surface area contributed by atoms with Gasteiger partial charge >= 0.3 is 0 Å². The van der Waals surface area contributed by atoms with E-state index in [0.29, 0.717) is 30.2 Å². The van der Waals surface area contributed by atoms with E-state index in [1.54, 1.807) is 12.1 Å². The molecule has 0 spiro atoms. The van der Waals surface area contributed by atoms with Gasteiger partial charge in [-0.15, -0.1) is 5.10 Å². The Bertz CT molecular complexity index is 829. The first-order valence-corrected chi connectivity index (χ1v) is 9.72. The van der Waals surface area contributed by atoms with Crippen LogP contribution in [-0.2, 0) is 17.8 Å². The van der Waals surface area contributed by atoms with Crippen LogP contribution < -0.4 is 10.1 Å². The van der Waals surface area contributed by atoms with Gasteiger partial charge in [0.25, 0.3) is 0 Å². The minimum absolute atomic E-state index is 0.0235. The Morgan fingerprint density at radius 2 is 2.07 bits per heavy atom. The number of aryl methyl sites for hydroxylation is 1. The highest BCUT2D eigenvalue weighted by molar-refractivity contribution is 5.90. The number of fused-ring (bicyclic) bond motifs is 1. The minimum Gasteiger partial charge on any atom is -0.497 e. The molecule has 144 valence electrons. The Labute approximate surface area is 158 Å². The molecule has 0 radical (unpaired) electrons. The molecule has 0 bridgehead atoms. The van der Waals surface area contributed by atoms with Crippen molar-refractivity contribution in [3.8, 4) is 5.75 Å². The fourth-order valence-electron chi connectivity index (χ4n) is 4.17. The molecule has 27 heavy (non-hydrogen) atoms. The summed E-state index contributed by atoms with van der Waals surface area (Å²) in [5.41, 5.74) is 0.679. The zero-order chi connectivity index (χ0) is 18.8. The van der Waals surface area contributed by atoms with Crippen LogP contribution in [-0.4, -0.2) is 27.8 Å². The van der Waals surface area contributed by atoms with E-state index >= 15 is 0 Å². The smallest absolute Gasteiger partial charge is 0.248 e. The van der Waals surface area contributed by atoms with Gasteiger partial charge in [-0.05, 0) is 36.8 Å². The van der Waals surface area contributed by atoms with Gasteiger partial charge in [0.05, 0.1) is 7.11 Å². The molecule has 1 aliphatic carbocycles. The van der Waals surface area contributed by atoms with Crippen LogP contribution in [0.25, 0.3) is 0 Å². The van der Waals surface area contributed by atoms with E-state index in [0.717, 1.165) is 37.9 Å². The Morgan fingerprint density at radius 1 is 1.26 bits per heavy atom. The first-order valence-electron chi connectivity index (χ1n) is 9.72. The third-order valence-electron chi connectivity index (χ3n) is 5.73. The van der Waals surface area contributed by atoms with Crippen LogP contribution in [0.3, 0.4) is 0 Å². The Kier molecular flexibility index (Phi) is 5.09. The molecule has 1 N–H and O–H groups in total. The van der Waals surface area contributed by atoms with Crippen molar-refractivity contribution >= 4 is 11.9 Å². The largest absolute Gasteiger partial charge is 0.497 e. The fourth-order valence-corrected chi connectivity index (χ4v) is 4.17. The number of nitrogens with zero attached hydrogens (tertiary/aromatic N) is 3. The van der Waals surface area contributed by atoms with Crippen molar-refractivity contribution < 1.29 is 13.9 Å². The average Bonchev–Trinajstić information content (AvgIpc) is 3.09. The van der Waals surface area contributed by atoms with Crippen molar-refractivity contribution in [2.24, 2.45) is 5.92 Å². The molecule has 1 aromatic heterocycles. The zero-order valence-corrected chi connectivity index (χ0v) is 15.6. The first kappa shape index (κ1) is 17.9. The van der Waals surface area contributed by atoms with Gasteiger partial charge in [0.2, 0.25) is 11.9 Å². The van der Waals surface area contributed by atoms with Gasteiger partial charge in [0.15, 0.2) is 0 Å². The Hall–Kier alpha value is -2.44. The predicted molar refractivity (Wildman–Crippen MR) is 99.2 cm³/mol. The van der Waals surface area contributed by atoms with E-state index in [9.17, 15) is 9.18 Å². The van der Waals surface area contributed by atoms with E-state index in [1.165, 1.54) is 19.6 Å². The topological polar surface area (TPSA) is 69.0 Å². The summed E-state index contributed by atoms with van der Waals surface area (Å²) in [4.78, 5) is 16.9. The molecule has 1 aromatic carbocycles. The molecule has 7 heteroatoms. The quantitative estimate of drug-likeness (QED) is 0.889. The molecule has 2 aliphatic rings. The number of halogens is 1. The number of carbonyl (C=O) groups is 1. The highest BCUT2D eigenvalue weighted by Crippen LogP contribution is 2.32. The van der Waals surface area contributed by atoms with Gasteiger partial charge in [0.1, 0.15) is 17.4 Å². The molecule has 1 amide bonds. The molecule has 1 atom stereocenters. The zero-order valence-electron chi connectivity index (χ0n) is 15.6. The standard InChI is InChI=1S/C20H25FN4O2/c1-27-15-7-8-16(17(21)12-15)14-9-10-25-18(11-14)22-20(24-25)23-19(26)13-5-3-2-4-6-13/h7-8,12-14H,2-6,9-11H2,1H3,(H,23,24,26). The van der Waals surface area contributed by atoms with Crippen LogP contribution >= 0.6 is 0 Å².